The SMILES string of the molecule is CC1CCC(NC(=O)C2CCC(CN)O2)C(C)C1. The first kappa shape index (κ1) is 13.8. The monoisotopic (exact) mass is 254 g/mol. The molecule has 2 rings (SSSR count). The Morgan fingerprint density at radius 3 is 2.67 bits per heavy atom. The molecule has 0 aromatic rings. The Labute approximate surface area is 110 Å². The smallest absolute Gasteiger partial charge is 0.249 e. The third-order valence-electron chi connectivity index (χ3n) is 4.42. The molecule has 0 spiro atoms. The van der Waals surface area contributed by atoms with Crippen LogP contribution in [0.2, 0.25) is 0 Å². The molecule has 0 bridgehead atoms. The predicted molar refractivity (Wildman–Crippen MR) is 71.1 cm³/mol. The van der Waals surface area contributed by atoms with Crippen LogP contribution < -0.4 is 11.1 Å². The Morgan fingerprint density at radius 1 is 1.28 bits per heavy atom. The van der Waals surface area contributed by atoms with Crippen LogP contribution in [0, 0.1) is 11.8 Å². The highest BCUT2D eigenvalue weighted by molar-refractivity contribution is 5.81. The maximum Gasteiger partial charge on any atom is 0.249 e. The summed E-state index contributed by atoms with van der Waals surface area (Å²) in [5.74, 6) is 1.43. The third kappa shape index (κ3) is 3.23. The van der Waals surface area contributed by atoms with Gasteiger partial charge in [-0.1, -0.05) is 13.8 Å². The quantitative estimate of drug-likeness (QED) is 0.801. The topological polar surface area (TPSA) is 64.4 Å². The molecule has 1 amide bonds. The van der Waals surface area contributed by atoms with Gasteiger partial charge in [0.1, 0.15) is 6.10 Å². The second-order valence-electron chi connectivity index (χ2n) is 6.07. The van der Waals surface area contributed by atoms with Crippen LogP contribution >= 0.6 is 0 Å². The van der Waals surface area contributed by atoms with E-state index in [1.54, 1.807) is 0 Å². The summed E-state index contributed by atoms with van der Waals surface area (Å²) < 4.78 is 5.63. The van der Waals surface area contributed by atoms with Crippen LogP contribution in [0.4, 0.5) is 0 Å². The molecule has 104 valence electrons. The number of amides is 1. The number of hydrogen-bond acceptors (Lipinski definition) is 3. The van der Waals surface area contributed by atoms with E-state index in [4.69, 9.17) is 10.5 Å². The number of ether oxygens (including phenoxy) is 1. The Kier molecular flexibility index (Phi) is 4.62. The molecule has 0 aromatic carbocycles. The second kappa shape index (κ2) is 6.02. The van der Waals surface area contributed by atoms with Gasteiger partial charge < -0.3 is 15.8 Å². The highest BCUT2D eigenvalue weighted by Crippen LogP contribution is 2.29. The molecule has 18 heavy (non-hydrogen) atoms. The van der Waals surface area contributed by atoms with Crippen molar-refractivity contribution in [3.63, 3.8) is 0 Å². The van der Waals surface area contributed by atoms with Crippen molar-refractivity contribution < 1.29 is 9.53 Å². The summed E-state index contributed by atoms with van der Waals surface area (Å²) in [6.45, 7) is 5.04. The molecule has 5 atom stereocenters. The molecule has 4 heteroatoms. The summed E-state index contributed by atoms with van der Waals surface area (Å²) >= 11 is 0. The van der Waals surface area contributed by atoms with Crippen LogP contribution in [0.1, 0.15) is 46.0 Å². The summed E-state index contributed by atoms with van der Waals surface area (Å²) in [5.41, 5.74) is 5.56. The number of carbonyl (C=O) groups excluding carboxylic acids is 1. The number of carbonyl (C=O) groups is 1. The van der Waals surface area contributed by atoms with E-state index in [-0.39, 0.29) is 18.1 Å². The van der Waals surface area contributed by atoms with Crippen molar-refractivity contribution in [2.45, 2.75) is 64.2 Å². The van der Waals surface area contributed by atoms with Crippen molar-refractivity contribution >= 4 is 5.91 Å². The molecule has 2 fully saturated rings. The normalized spacial score (nSPS) is 40.7. The van der Waals surface area contributed by atoms with Crippen molar-refractivity contribution in [2.75, 3.05) is 6.54 Å². The minimum absolute atomic E-state index is 0.0670. The summed E-state index contributed by atoms with van der Waals surface area (Å²) in [7, 11) is 0. The summed E-state index contributed by atoms with van der Waals surface area (Å²) in [5, 5.41) is 3.17. The van der Waals surface area contributed by atoms with E-state index in [2.05, 4.69) is 19.2 Å². The maximum absolute atomic E-state index is 12.1. The average Bonchev–Trinajstić information content (AvgIpc) is 2.81. The van der Waals surface area contributed by atoms with E-state index in [0.29, 0.717) is 18.5 Å². The molecule has 1 saturated carbocycles. The van der Waals surface area contributed by atoms with Gasteiger partial charge >= 0.3 is 0 Å². The molecule has 5 unspecified atom stereocenters. The lowest BCUT2D eigenvalue weighted by atomic mass is 9.80. The van der Waals surface area contributed by atoms with E-state index in [9.17, 15) is 4.79 Å². The fourth-order valence-electron chi connectivity index (χ4n) is 3.23. The van der Waals surface area contributed by atoms with Gasteiger partial charge in [-0.3, -0.25) is 4.79 Å². The van der Waals surface area contributed by atoms with Crippen LogP contribution in [-0.2, 0) is 9.53 Å². The average molecular weight is 254 g/mol. The van der Waals surface area contributed by atoms with Crippen molar-refractivity contribution in [3.05, 3.63) is 0 Å². The van der Waals surface area contributed by atoms with E-state index in [0.717, 1.165) is 25.2 Å². The van der Waals surface area contributed by atoms with Gasteiger partial charge in [0.15, 0.2) is 0 Å². The van der Waals surface area contributed by atoms with Gasteiger partial charge in [-0.2, -0.15) is 0 Å². The lowest BCUT2D eigenvalue weighted by molar-refractivity contribution is -0.133. The molecule has 4 nitrogen and oxygen atoms in total. The third-order valence-corrected chi connectivity index (χ3v) is 4.42. The minimum Gasteiger partial charge on any atom is -0.364 e. The fourth-order valence-corrected chi connectivity index (χ4v) is 3.23. The molecular weight excluding hydrogens is 228 g/mol. The Morgan fingerprint density at radius 2 is 2.06 bits per heavy atom. The Bertz CT molecular complexity index is 296. The van der Waals surface area contributed by atoms with Gasteiger partial charge in [0.05, 0.1) is 6.10 Å². The van der Waals surface area contributed by atoms with E-state index in [1.165, 1.54) is 12.8 Å². The van der Waals surface area contributed by atoms with Crippen LogP contribution in [0.5, 0.6) is 0 Å². The molecule has 3 N–H and O–H groups in total. The molecular formula is C14H26N2O2. The highest BCUT2D eigenvalue weighted by Gasteiger charge is 2.33. The molecule has 1 heterocycles. The summed E-state index contributed by atoms with van der Waals surface area (Å²) in [4.78, 5) is 12.1. The number of nitrogens with one attached hydrogen (secondary N) is 1. The van der Waals surface area contributed by atoms with Gasteiger partial charge in [0.25, 0.3) is 0 Å². The molecule has 1 saturated heterocycles. The first-order chi connectivity index (χ1) is 8.60. The van der Waals surface area contributed by atoms with Crippen molar-refractivity contribution in [2.24, 2.45) is 17.6 Å². The lowest BCUT2D eigenvalue weighted by Gasteiger charge is -2.33. The summed E-state index contributed by atoms with van der Waals surface area (Å²) in [6, 6.07) is 0.328. The number of hydrogen-bond donors (Lipinski definition) is 2. The van der Waals surface area contributed by atoms with Crippen LogP contribution in [-0.4, -0.2) is 30.7 Å². The predicted octanol–water partition coefficient (Wildman–Crippen LogP) is 1.43. The minimum atomic E-state index is -0.273. The Hall–Kier alpha value is -0.610. The first-order valence-corrected chi connectivity index (χ1v) is 7.26. The van der Waals surface area contributed by atoms with Crippen LogP contribution in [0.15, 0.2) is 0 Å². The van der Waals surface area contributed by atoms with Crippen molar-refractivity contribution in [3.8, 4) is 0 Å². The zero-order valence-corrected chi connectivity index (χ0v) is 11.5. The number of nitrogens with two attached hydrogens (primary N) is 1. The van der Waals surface area contributed by atoms with Gasteiger partial charge in [-0.15, -0.1) is 0 Å². The lowest BCUT2D eigenvalue weighted by Crippen LogP contribution is -2.46. The maximum atomic E-state index is 12.1. The zero-order valence-electron chi connectivity index (χ0n) is 11.5. The van der Waals surface area contributed by atoms with Crippen molar-refractivity contribution in [1.82, 2.24) is 5.32 Å². The highest BCUT2D eigenvalue weighted by atomic mass is 16.5. The zero-order chi connectivity index (χ0) is 13.1. The van der Waals surface area contributed by atoms with E-state index in [1.807, 2.05) is 0 Å². The number of rotatable bonds is 3. The fraction of sp³-hybridized carbons (Fsp3) is 0.929. The van der Waals surface area contributed by atoms with Crippen LogP contribution in [0.3, 0.4) is 0 Å². The van der Waals surface area contributed by atoms with Crippen LogP contribution in [0.25, 0.3) is 0 Å². The molecule has 2 aliphatic rings. The molecule has 0 aromatic heterocycles. The molecule has 0 radical (unpaired) electrons. The Balaban J connectivity index is 1.81. The molecule has 1 aliphatic heterocycles. The van der Waals surface area contributed by atoms with Gasteiger partial charge in [0, 0.05) is 12.6 Å². The van der Waals surface area contributed by atoms with Gasteiger partial charge in [0.2, 0.25) is 5.91 Å². The summed E-state index contributed by atoms with van der Waals surface area (Å²) in [6.07, 6.45) is 5.04. The van der Waals surface area contributed by atoms with E-state index < -0.39 is 0 Å². The standard InChI is InChI=1S/C14H26N2O2/c1-9-3-5-12(10(2)7-9)16-14(17)13-6-4-11(8-15)18-13/h9-13H,3-8,15H2,1-2H3,(H,16,17). The van der Waals surface area contributed by atoms with Crippen molar-refractivity contribution in [1.29, 1.82) is 0 Å². The van der Waals surface area contributed by atoms with Gasteiger partial charge in [-0.05, 0) is 43.9 Å². The second-order valence-corrected chi connectivity index (χ2v) is 6.07. The van der Waals surface area contributed by atoms with E-state index >= 15 is 0 Å². The largest absolute Gasteiger partial charge is 0.364 e. The molecule has 1 aliphatic carbocycles. The van der Waals surface area contributed by atoms with Gasteiger partial charge in [-0.25, -0.2) is 0 Å². The first-order valence-electron chi connectivity index (χ1n) is 7.26.